The normalized spacial score (nSPS) is 19.7. The van der Waals surface area contributed by atoms with E-state index in [-0.39, 0.29) is 11.9 Å². The molecule has 0 radical (unpaired) electrons. The van der Waals surface area contributed by atoms with Gasteiger partial charge in [-0.25, -0.2) is 0 Å². The minimum atomic E-state index is 0.0687. The lowest BCUT2D eigenvalue weighted by Crippen LogP contribution is -2.42. The molecule has 1 atom stereocenters. The van der Waals surface area contributed by atoms with Crippen LogP contribution < -0.4 is 10.1 Å². The highest BCUT2D eigenvalue weighted by atomic mass is 16.5. The molecule has 8 nitrogen and oxygen atoms in total. The number of hydrogen-bond acceptors (Lipinski definition) is 6. The van der Waals surface area contributed by atoms with E-state index in [9.17, 15) is 4.79 Å². The van der Waals surface area contributed by atoms with E-state index in [2.05, 4.69) is 31.0 Å². The molecule has 0 spiro atoms. The molecule has 1 aromatic carbocycles. The highest BCUT2D eigenvalue weighted by Crippen LogP contribution is 2.22. The maximum absolute atomic E-state index is 12.6. The highest BCUT2D eigenvalue weighted by molar-refractivity contribution is 5.78. The number of carbonyl (C=O) groups is 1. The van der Waals surface area contributed by atoms with E-state index in [0.717, 1.165) is 61.9 Å². The summed E-state index contributed by atoms with van der Waals surface area (Å²) in [7, 11) is 1.66. The van der Waals surface area contributed by atoms with Gasteiger partial charge in [0.1, 0.15) is 24.8 Å². The number of methoxy groups -OCH3 is 1. The summed E-state index contributed by atoms with van der Waals surface area (Å²) in [6, 6.07) is 8.18. The fourth-order valence-corrected chi connectivity index (χ4v) is 3.92. The van der Waals surface area contributed by atoms with Crippen LogP contribution in [0.25, 0.3) is 0 Å². The van der Waals surface area contributed by atoms with E-state index in [1.54, 1.807) is 7.11 Å². The van der Waals surface area contributed by atoms with Gasteiger partial charge in [0, 0.05) is 44.8 Å². The van der Waals surface area contributed by atoms with Crippen LogP contribution in [0, 0.1) is 0 Å². The molecule has 1 aromatic heterocycles. The van der Waals surface area contributed by atoms with Gasteiger partial charge in [-0.05, 0) is 18.9 Å². The molecule has 1 N–H and O–H groups in total. The third-order valence-electron chi connectivity index (χ3n) is 5.36. The Morgan fingerprint density at radius 2 is 2.18 bits per heavy atom. The van der Waals surface area contributed by atoms with E-state index in [4.69, 9.17) is 9.47 Å². The van der Waals surface area contributed by atoms with Crippen LogP contribution in [0.4, 0.5) is 0 Å². The molecular formula is C20H27N5O3. The summed E-state index contributed by atoms with van der Waals surface area (Å²) in [5.41, 5.74) is 1.13. The average molecular weight is 385 g/mol. The molecule has 28 heavy (non-hydrogen) atoms. The van der Waals surface area contributed by atoms with Gasteiger partial charge < -0.3 is 19.4 Å². The molecule has 2 aliphatic heterocycles. The van der Waals surface area contributed by atoms with Gasteiger partial charge in [-0.3, -0.25) is 9.69 Å². The first-order valence-electron chi connectivity index (χ1n) is 9.85. The van der Waals surface area contributed by atoms with E-state index in [1.165, 1.54) is 0 Å². The first-order chi connectivity index (χ1) is 13.7. The first kappa shape index (κ1) is 18.9. The highest BCUT2D eigenvalue weighted by Gasteiger charge is 2.23. The topological polar surface area (TPSA) is 81.5 Å². The molecule has 0 fully saturated rings. The van der Waals surface area contributed by atoms with Gasteiger partial charge >= 0.3 is 0 Å². The summed E-state index contributed by atoms with van der Waals surface area (Å²) in [5.74, 6) is 2.82. The van der Waals surface area contributed by atoms with Crippen LogP contribution in [0.5, 0.6) is 5.75 Å². The second-order valence-corrected chi connectivity index (χ2v) is 7.38. The van der Waals surface area contributed by atoms with Crippen molar-refractivity contribution in [1.82, 2.24) is 25.0 Å². The summed E-state index contributed by atoms with van der Waals surface area (Å²) in [4.78, 5) is 14.8. The quantitative estimate of drug-likeness (QED) is 0.831. The number of nitrogens with one attached hydrogen (secondary N) is 1. The second-order valence-electron chi connectivity index (χ2n) is 7.38. The Morgan fingerprint density at radius 3 is 3.07 bits per heavy atom. The molecule has 2 aromatic rings. The summed E-state index contributed by atoms with van der Waals surface area (Å²) in [5, 5.41) is 11.7. The second kappa shape index (κ2) is 8.70. The Balaban J connectivity index is 1.31. The molecule has 2 aliphatic rings. The number of fused-ring (bicyclic) bond motifs is 2. The zero-order valence-electron chi connectivity index (χ0n) is 16.3. The van der Waals surface area contributed by atoms with Gasteiger partial charge in [-0.2, -0.15) is 0 Å². The summed E-state index contributed by atoms with van der Waals surface area (Å²) in [6.45, 7) is 3.72. The van der Waals surface area contributed by atoms with Gasteiger partial charge in [-0.1, -0.05) is 18.2 Å². The van der Waals surface area contributed by atoms with Gasteiger partial charge in [0.05, 0.1) is 6.54 Å². The monoisotopic (exact) mass is 385 g/mol. The van der Waals surface area contributed by atoms with E-state index < -0.39 is 0 Å². The third kappa shape index (κ3) is 4.34. The van der Waals surface area contributed by atoms with Crippen molar-refractivity contribution in [3.8, 4) is 5.75 Å². The molecule has 0 saturated carbocycles. The molecule has 0 aliphatic carbocycles. The molecule has 150 valence electrons. The molecular weight excluding hydrogens is 358 g/mol. The van der Waals surface area contributed by atoms with E-state index in [0.29, 0.717) is 19.8 Å². The zero-order chi connectivity index (χ0) is 19.3. The van der Waals surface area contributed by atoms with Crippen molar-refractivity contribution in [1.29, 1.82) is 0 Å². The number of rotatable bonds is 5. The largest absolute Gasteiger partial charge is 0.492 e. The van der Waals surface area contributed by atoms with Crippen LogP contribution in [-0.2, 0) is 35.6 Å². The Kier molecular flexibility index (Phi) is 5.87. The minimum Gasteiger partial charge on any atom is -0.492 e. The van der Waals surface area contributed by atoms with Crippen LogP contribution in [0.15, 0.2) is 24.3 Å². The Labute approximate surface area is 164 Å². The van der Waals surface area contributed by atoms with Crippen molar-refractivity contribution >= 4 is 5.91 Å². The average Bonchev–Trinajstić information content (AvgIpc) is 2.83. The Morgan fingerprint density at radius 1 is 1.29 bits per heavy atom. The summed E-state index contributed by atoms with van der Waals surface area (Å²) < 4.78 is 13.1. The van der Waals surface area contributed by atoms with Gasteiger partial charge in [0.15, 0.2) is 5.82 Å². The van der Waals surface area contributed by atoms with Gasteiger partial charge in [-0.15, -0.1) is 10.2 Å². The smallest absolute Gasteiger partial charge is 0.234 e. The van der Waals surface area contributed by atoms with Crippen molar-refractivity contribution in [2.75, 3.05) is 26.8 Å². The van der Waals surface area contributed by atoms with E-state index in [1.807, 2.05) is 18.2 Å². The Hall–Kier alpha value is -2.45. The number of aromatic nitrogens is 3. The van der Waals surface area contributed by atoms with Crippen LogP contribution in [0.3, 0.4) is 0 Å². The first-order valence-corrected chi connectivity index (χ1v) is 9.85. The standard InChI is InChI=1S/C20H27N5O3/c1-27-14-19-23-22-18-7-6-16(8-9-25(18)19)21-20(26)13-24-10-11-28-17-5-3-2-4-15(17)12-24/h2-5,16H,6-14H2,1H3,(H,21,26). The number of aryl methyl sites for hydroxylation is 1. The summed E-state index contributed by atoms with van der Waals surface area (Å²) >= 11 is 0. The fraction of sp³-hybridized carbons (Fsp3) is 0.550. The molecule has 4 rings (SSSR count). The minimum absolute atomic E-state index is 0.0687. The van der Waals surface area contributed by atoms with Crippen molar-refractivity contribution < 1.29 is 14.3 Å². The fourth-order valence-electron chi connectivity index (χ4n) is 3.92. The predicted octanol–water partition coefficient (Wildman–Crippen LogP) is 1.14. The number of benzene rings is 1. The van der Waals surface area contributed by atoms with Crippen LogP contribution in [0.1, 0.15) is 30.1 Å². The molecule has 1 unspecified atom stereocenters. The Bertz CT molecular complexity index is 822. The molecule has 0 saturated heterocycles. The number of ether oxygens (including phenoxy) is 2. The molecule has 1 amide bonds. The van der Waals surface area contributed by atoms with Gasteiger partial charge in [0.25, 0.3) is 0 Å². The number of nitrogens with zero attached hydrogens (tertiary/aromatic N) is 4. The molecule has 0 bridgehead atoms. The summed E-state index contributed by atoms with van der Waals surface area (Å²) in [6.07, 6.45) is 2.56. The lowest BCUT2D eigenvalue weighted by Gasteiger charge is -2.21. The lowest BCUT2D eigenvalue weighted by molar-refractivity contribution is -0.123. The van der Waals surface area contributed by atoms with Crippen LogP contribution in [0.2, 0.25) is 0 Å². The van der Waals surface area contributed by atoms with Crippen LogP contribution in [-0.4, -0.2) is 58.4 Å². The number of para-hydroxylation sites is 1. The number of amides is 1. The van der Waals surface area contributed by atoms with Gasteiger partial charge in [0.2, 0.25) is 5.91 Å². The maximum atomic E-state index is 12.6. The predicted molar refractivity (Wildman–Crippen MR) is 103 cm³/mol. The lowest BCUT2D eigenvalue weighted by atomic mass is 10.1. The zero-order valence-corrected chi connectivity index (χ0v) is 16.3. The van der Waals surface area contributed by atoms with Crippen molar-refractivity contribution in [3.05, 3.63) is 41.5 Å². The van der Waals surface area contributed by atoms with Crippen molar-refractivity contribution in [2.45, 2.75) is 45.0 Å². The maximum Gasteiger partial charge on any atom is 0.234 e. The third-order valence-corrected chi connectivity index (χ3v) is 5.36. The number of hydrogen-bond donors (Lipinski definition) is 1. The van der Waals surface area contributed by atoms with Crippen molar-refractivity contribution in [2.24, 2.45) is 0 Å². The molecule has 3 heterocycles. The molecule has 8 heteroatoms. The van der Waals surface area contributed by atoms with Crippen LogP contribution >= 0.6 is 0 Å². The van der Waals surface area contributed by atoms with E-state index >= 15 is 0 Å². The SMILES string of the molecule is COCc1nnc2n1CCC(NC(=O)CN1CCOc3ccccc3C1)CC2. The number of carbonyl (C=O) groups excluding carboxylic acids is 1. The van der Waals surface area contributed by atoms with Crippen molar-refractivity contribution in [3.63, 3.8) is 0 Å².